The number of ether oxygens (including phenoxy) is 1. The molecule has 0 spiro atoms. The fourth-order valence-corrected chi connectivity index (χ4v) is 4.34. The zero-order valence-electron chi connectivity index (χ0n) is 16.3. The van der Waals surface area contributed by atoms with Gasteiger partial charge >= 0.3 is 5.69 Å². The van der Waals surface area contributed by atoms with E-state index < -0.39 is 0 Å². The summed E-state index contributed by atoms with van der Waals surface area (Å²) in [6.07, 6.45) is 4.51. The van der Waals surface area contributed by atoms with Crippen LogP contribution in [-0.4, -0.2) is 32.4 Å². The molecular formula is C20H25N3O4S. The van der Waals surface area contributed by atoms with Crippen molar-refractivity contribution in [3.05, 3.63) is 55.8 Å². The highest BCUT2D eigenvalue weighted by Gasteiger charge is 2.23. The molecule has 0 fully saturated rings. The minimum Gasteiger partial charge on any atom is -0.491 e. The third-order valence-electron chi connectivity index (χ3n) is 4.38. The van der Waals surface area contributed by atoms with E-state index in [4.69, 9.17) is 9.84 Å². The van der Waals surface area contributed by atoms with Crippen molar-refractivity contribution in [2.24, 2.45) is 13.0 Å². The van der Waals surface area contributed by atoms with Crippen LogP contribution in [0.5, 0.6) is 5.75 Å². The zero-order valence-corrected chi connectivity index (χ0v) is 17.2. The third-order valence-corrected chi connectivity index (χ3v) is 5.57. The van der Waals surface area contributed by atoms with Crippen LogP contribution in [0.1, 0.15) is 30.7 Å². The van der Waals surface area contributed by atoms with E-state index in [-0.39, 0.29) is 23.8 Å². The molecule has 0 aromatic carbocycles. The van der Waals surface area contributed by atoms with Crippen LogP contribution in [0.2, 0.25) is 0 Å². The average Bonchev–Trinajstić information content (AvgIpc) is 3.02. The predicted octanol–water partition coefficient (Wildman–Crippen LogP) is 2.16. The van der Waals surface area contributed by atoms with Crippen LogP contribution in [0, 0.1) is 5.92 Å². The Morgan fingerprint density at radius 1 is 1.32 bits per heavy atom. The van der Waals surface area contributed by atoms with Crippen molar-refractivity contribution in [1.82, 2.24) is 14.1 Å². The molecule has 150 valence electrons. The first-order valence-electron chi connectivity index (χ1n) is 9.31. The number of hydrogen-bond donors (Lipinski definition) is 1. The van der Waals surface area contributed by atoms with Crippen LogP contribution in [0.15, 0.2) is 34.1 Å². The first kappa shape index (κ1) is 20.3. The molecule has 3 heterocycles. The van der Waals surface area contributed by atoms with Gasteiger partial charge in [0, 0.05) is 45.4 Å². The number of rotatable bonds is 8. The van der Waals surface area contributed by atoms with Gasteiger partial charge in [0.1, 0.15) is 16.0 Å². The van der Waals surface area contributed by atoms with Gasteiger partial charge in [-0.15, -0.1) is 11.3 Å². The zero-order chi connectivity index (χ0) is 20.3. The molecule has 7 nitrogen and oxygen atoms in total. The third kappa shape index (κ3) is 4.02. The Balaban J connectivity index is 2.23. The molecule has 0 saturated heterocycles. The maximum absolute atomic E-state index is 12.9. The summed E-state index contributed by atoms with van der Waals surface area (Å²) in [5.41, 5.74) is 0.325. The molecule has 0 atom stereocenters. The number of pyridine rings is 1. The van der Waals surface area contributed by atoms with Crippen molar-refractivity contribution in [2.75, 3.05) is 13.2 Å². The van der Waals surface area contributed by atoms with E-state index in [2.05, 4.69) is 4.98 Å². The maximum atomic E-state index is 12.9. The largest absolute Gasteiger partial charge is 0.491 e. The van der Waals surface area contributed by atoms with Gasteiger partial charge in [-0.3, -0.25) is 18.9 Å². The van der Waals surface area contributed by atoms with Crippen LogP contribution in [0.3, 0.4) is 0 Å². The fraction of sp³-hybridized carbons (Fsp3) is 0.450. The van der Waals surface area contributed by atoms with Crippen LogP contribution in [0.25, 0.3) is 10.2 Å². The van der Waals surface area contributed by atoms with Gasteiger partial charge in [0.2, 0.25) is 0 Å². The van der Waals surface area contributed by atoms with E-state index >= 15 is 0 Å². The molecule has 3 aromatic rings. The van der Waals surface area contributed by atoms with Gasteiger partial charge in [0.15, 0.2) is 0 Å². The van der Waals surface area contributed by atoms with Gasteiger partial charge in [-0.05, 0) is 17.5 Å². The van der Waals surface area contributed by atoms with Crippen molar-refractivity contribution in [1.29, 1.82) is 0 Å². The molecule has 0 saturated carbocycles. The molecule has 1 N–H and O–H groups in total. The molecule has 0 amide bonds. The number of thiophene rings is 1. The molecule has 0 unspecified atom stereocenters. The molecule has 0 radical (unpaired) electrons. The van der Waals surface area contributed by atoms with Crippen LogP contribution < -0.4 is 16.0 Å². The predicted molar refractivity (Wildman–Crippen MR) is 110 cm³/mol. The number of fused-ring (bicyclic) bond motifs is 1. The smallest absolute Gasteiger partial charge is 0.331 e. The number of aromatic nitrogens is 3. The van der Waals surface area contributed by atoms with Crippen molar-refractivity contribution in [3.63, 3.8) is 0 Å². The standard InChI is InChI=1S/C20H25N3O4S/c1-13(2)12-23-19-16(18(25)22(3)20(23)26)17(27-9-5-8-24)15(28-19)10-14-6-4-7-21-11-14/h4,6-7,11,13,24H,5,8-10,12H2,1-3H3. The minimum atomic E-state index is -0.354. The Bertz CT molecular complexity index is 1070. The average molecular weight is 404 g/mol. The van der Waals surface area contributed by atoms with E-state index in [1.54, 1.807) is 17.0 Å². The summed E-state index contributed by atoms with van der Waals surface area (Å²) < 4.78 is 8.75. The van der Waals surface area contributed by atoms with Crippen molar-refractivity contribution in [3.8, 4) is 5.75 Å². The lowest BCUT2D eigenvalue weighted by molar-refractivity contribution is 0.234. The molecule has 0 bridgehead atoms. The number of nitrogens with zero attached hydrogens (tertiary/aromatic N) is 3. The van der Waals surface area contributed by atoms with Gasteiger partial charge in [0.05, 0.1) is 11.5 Å². The van der Waals surface area contributed by atoms with Crippen molar-refractivity contribution < 1.29 is 9.84 Å². The highest BCUT2D eigenvalue weighted by atomic mass is 32.1. The lowest BCUT2D eigenvalue weighted by Gasteiger charge is -2.12. The van der Waals surface area contributed by atoms with Crippen LogP contribution in [0.4, 0.5) is 0 Å². The Morgan fingerprint density at radius 2 is 2.11 bits per heavy atom. The normalized spacial score (nSPS) is 11.5. The Labute approximate surface area is 166 Å². The quantitative estimate of drug-likeness (QED) is 0.583. The second-order valence-electron chi connectivity index (χ2n) is 7.15. The molecule has 8 heteroatoms. The molecule has 0 aliphatic carbocycles. The highest BCUT2D eigenvalue weighted by molar-refractivity contribution is 7.19. The van der Waals surface area contributed by atoms with Gasteiger partial charge in [0.25, 0.3) is 5.56 Å². The summed E-state index contributed by atoms with van der Waals surface area (Å²) in [7, 11) is 1.50. The fourth-order valence-electron chi connectivity index (χ4n) is 3.07. The van der Waals surface area contributed by atoms with Gasteiger partial charge in [-0.25, -0.2) is 4.79 Å². The molecule has 3 aromatic heterocycles. The van der Waals surface area contributed by atoms with E-state index in [0.717, 1.165) is 15.0 Å². The summed E-state index contributed by atoms with van der Waals surface area (Å²) in [4.78, 5) is 31.3. The maximum Gasteiger partial charge on any atom is 0.331 e. The second kappa shape index (κ2) is 8.70. The molecular weight excluding hydrogens is 378 g/mol. The van der Waals surface area contributed by atoms with E-state index in [1.807, 2.05) is 26.0 Å². The molecule has 3 rings (SSSR count). The monoisotopic (exact) mass is 403 g/mol. The summed E-state index contributed by atoms with van der Waals surface area (Å²) >= 11 is 1.42. The van der Waals surface area contributed by atoms with E-state index in [9.17, 15) is 9.59 Å². The van der Waals surface area contributed by atoms with Crippen molar-refractivity contribution >= 4 is 21.6 Å². The second-order valence-corrected chi connectivity index (χ2v) is 8.23. The van der Waals surface area contributed by atoms with Gasteiger partial charge in [-0.1, -0.05) is 19.9 Å². The highest BCUT2D eigenvalue weighted by Crippen LogP contribution is 2.37. The van der Waals surface area contributed by atoms with Crippen molar-refractivity contribution in [2.45, 2.75) is 33.2 Å². The first-order valence-corrected chi connectivity index (χ1v) is 10.1. The summed E-state index contributed by atoms with van der Waals surface area (Å²) in [6.45, 7) is 4.90. The Hall–Kier alpha value is -2.45. The van der Waals surface area contributed by atoms with Gasteiger partial charge < -0.3 is 9.84 Å². The lowest BCUT2D eigenvalue weighted by Crippen LogP contribution is -2.38. The SMILES string of the molecule is CC(C)Cn1c(=O)n(C)c(=O)c2c(OCCCO)c(Cc3cccnc3)sc21. The Kier molecular flexibility index (Phi) is 6.31. The Morgan fingerprint density at radius 3 is 2.75 bits per heavy atom. The van der Waals surface area contributed by atoms with E-state index in [1.165, 1.54) is 18.4 Å². The molecule has 28 heavy (non-hydrogen) atoms. The summed E-state index contributed by atoms with van der Waals surface area (Å²) in [6, 6.07) is 3.83. The van der Waals surface area contributed by atoms with Crippen LogP contribution in [-0.2, 0) is 20.0 Å². The topological polar surface area (TPSA) is 86.4 Å². The lowest BCUT2D eigenvalue weighted by atomic mass is 10.1. The molecule has 0 aliphatic heterocycles. The number of aliphatic hydroxyl groups is 1. The first-order chi connectivity index (χ1) is 13.4. The summed E-state index contributed by atoms with van der Waals surface area (Å²) in [5.74, 6) is 0.761. The van der Waals surface area contributed by atoms with E-state index in [0.29, 0.717) is 42.0 Å². The van der Waals surface area contributed by atoms with Gasteiger partial charge in [-0.2, -0.15) is 0 Å². The number of aliphatic hydroxyl groups excluding tert-OH is 1. The molecule has 0 aliphatic rings. The van der Waals surface area contributed by atoms with Crippen LogP contribution >= 0.6 is 11.3 Å². The summed E-state index contributed by atoms with van der Waals surface area (Å²) in [5, 5.41) is 9.53. The minimum absolute atomic E-state index is 0.01000. The number of hydrogen-bond acceptors (Lipinski definition) is 6.